The topological polar surface area (TPSA) is 29.5 Å². The molecule has 0 radical (unpaired) electrons. The summed E-state index contributed by atoms with van der Waals surface area (Å²) in [5.74, 6) is -2.95. The Morgan fingerprint density at radius 3 is 2.33 bits per heavy atom. The number of amides is 1. The molecule has 0 aliphatic carbocycles. The molecule has 1 amide bonds. The maximum absolute atomic E-state index is 14.0. The van der Waals surface area contributed by atoms with Crippen LogP contribution in [0.2, 0.25) is 0 Å². The smallest absolute Gasteiger partial charge is 0.254 e. The van der Waals surface area contributed by atoms with Gasteiger partial charge in [0.15, 0.2) is 17.4 Å². The Morgan fingerprint density at radius 2 is 1.74 bits per heavy atom. The average molecular weight is 377 g/mol. The molecule has 0 spiro atoms. The van der Waals surface area contributed by atoms with E-state index in [0.717, 1.165) is 30.5 Å². The summed E-state index contributed by atoms with van der Waals surface area (Å²) in [5, 5.41) is 0. The van der Waals surface area contributed by atoms with Crippen LogP contribution in [0.15, 0.2) is 36.4 Å². The van der Waals surface area contributed by atoms with Crippen LogP contribution in [0.4, 0.5) is 13.2 Å². The number of carbonyl (C=O) groups is 1. The average Bonchev–Trinajstić information content (AvgIpc) is 3.01. The SMILES string of the molecule is COc1c(F)cc(C(=O)N2[C@@H](CCc3ccc(F)cc3)CC[C@H]2C)cc1F. The Bertz CT molecular complexity index is 800. The maximum Gasteiger partial charge on any atom is 0.254 e. The molecule has 2 atom stereocenters. The van der Waals surface area contributed by atoms with Crippen molar-refractivity contribution in [2.24, 2.45) is 0 Å². The van der Waals surface area contributed by atoms with Gasteiger partial charge in [-0.1, -0.05) is 12.1 Å². The van der Waals surface area contributed by atoms with E-state index in [1.807, 2.05) is 6.92 Å². The van der Waals surface area contributed by atoms with Gasteiger partial charge in [-0.3, -0.25) is 4.79 Å². The molecule has 0 aromatic heterocycles. The number of carbonyl (C=O) groups excluding carboxylic acids is 1. The van der Waals surface area contributed by atoms with Crippen molar-refractivity contribution < 1.29 is 22.7 Å². The first kappa shape index (κ1) is 19.3. The van der Waals surface area contributed by atoms with E-state index < -0.39 is 17.4 Å². The molecule has 6 heteroatoms. The fourth-order valence-electron chi connectivity index (χ4n) is 3.73. The number of likely N-dealkylation sites (tertiary alicyclic amines) is 1. The fraction of sp³-hybridized carbons (Fsp3) is 0.381. The fourth-order valence-corrected chi connectivity index (χ4v) is 3.73. The Kier molecular flexibility index (Phi) is 5.73. The lowest BCUT2D eigenvalue weighted by Crippen LogP contribution is -2.40. The van der Waals surface area contributed by atoms with E-state index >= 15 is 0 Å². The third kappa shape index (κ3) is 4.10. The third-order valence-electron chi connectivity index (χ3n) is 5.15. The normalized spacial score (nSPS) is 19.4. The summed E-state index contributed by atoms with van der Waals surface area (Å²) in [6.45, 7) is 1.94. The van der Waals surface area contributed by atoms with Crippen molar-refractivity contribution in [1.82, 2.24) is 4.90 Å². The zero-order valence-corrected chi connectivity index (χ0v) is 15.3. The van der Waals surface area contributed by atoms with Crippen LogP contribution in [0.3, 0.4) is 0 Å². The summed E-state index contributed by atoms with van der Waals surface area (Å²) in [7, 11) is 1.18. The number of benzene rings is 2. The summed E-state index contributed by atoms with van der Waals surface area (Å²) >= 11 is 0. The molecule has 27 heavy (non-hydrogen) atoms. The highest BCUT2D eigenvalue weighted by molar-refractivity contribution is 5.95. The van der Waals surface area contributed by atoms with Crippen molar-refractivity contribution in [2.45, 2.75) is 44.7 Å². The lowest BCUT2D eigenvalue weighted by Gasteiger charge is -2.29. The Balaban J connectivity index is 1.76. The molecule has 2 aromatic rings. The first-order chi connectivity index (χ1) is 12.9. The molecule has 144 valence electrons. The van der Waals surface area contributed by atoms with Crippen LogP contribution in [0.1, 0.15) is 42.1 Å². The standard InChI is InChI=1S/C21H22F3NO2/c1-13-3-9-17(10-6-14-4-7-16(22)8-5-14)25(13)21(26)15-11-18(23)20(27-2)19(24)12-15/h4-5,7-8,11-13,17H,3,6,9-10H2,1-2H3/t13-,17-/m1/s1. The van der Waals surface area contributed by atoms with Crippen LogP contribution in [0.25, 0.3) is 0 Å². The summed E-state index contributed by atoms with van der Waals surface area (Å²) in [5.41, 5.74) is 0.969. The lowest BCUT2D eigenvalue weighted by molar-refractivity contribution is 0.0671. The largest absolute Gasteiger partial charge is 0.491 e. The number of nitrogens with zero attached hydrogens (tertiary/aromatic N) is 1. The van der Waals surface area contributed by atoms with Crippen LogP contribution in [-0.4, -0.2) is 30.0 Å². The van der Waals surface area contributed by atoms with Crippen molar-refractivity contribution in [3.05, 3.63) is 65.0 Å². The molecular formula is C21H22F3NO2. The minimum Gasteiger partial charge on any atom is -0.491 e. The zero-order valence-electron chi connectivity index (χ0n) is 15.3. The molecule has 1 aliphatic heterocycles. The summed E-state index contributed by atoms with van der Waals surface area (Å²) < 4.78 is 45.7. The van der Waals surface area contributed by atoms with Crippen molar-refractivity contribution in [3.8, 4) is 5.75 Å². The molecule has 0 bridgehead atoms. The van der Waals surface area contributed by atoms with Crippen LogP contribution in [0, 0.1) is 17.5 Å². The maximum atomic E-state index is 14.0. The summed E-state index contributed by atoms with van der Waals surface area (Å²) in [6.07, 6.45) is 3.08. The Labute approximate surface area is 156 Å². The number of hydrogen-bond acceptors (Lipinski definition) is 2. The van der Waals surface area contributed by atoms with Crippen molar-refractivity contribution in [2.75, 3.05) is 7.11 Å². The van der Waals surface area contributed by atoms with Gasteiger partial charge in [0.2, 0.25) is 0 Å². The van der Waals surface area contributed by atoms with E-state index in [9.17, 15) is 18.0 Å². The quantitative estimate of drug-likeness (QED) is 0.753. The Morgan fingerprint density at radius 1 is 1.11 bits per heavy atom. The molecule has 0 N–H and O–H groups in total. The second kappa shape index (κ2) is 8.03. The minimum atomic E-state index is -0.893. The molecule has 3 rings (SSSR count). The number of ether oxygens (including phenoxy) is 1. The first-order valence-corrected chi connectivity index (χ1v) is 9.01. The van der Waals surface area contributed by atoms with E-state index in [1.165, 1.54) is 19.2 Å². The number of aryl methyl sites for hydroxylation is 1. The van der Waals surface area contributed by atoms with Gasteiger partial charge >= 0.3 is 0 Å². The van der Waals surface area contributed by atoms with E-state index in [4.69, 9.17) is 0 Å². The van der Waals surface area contributed by atoms with Gasteiger partial charge in [0.1, 0.15) is 5.82 Å². The van der Waals surface area contributed by atoms with Gasteiger partial charge in [0, 0.05) is 17.6 Å². The Hall–Kier alpha value is -2.50. The van der Waals surface area contributed by atoms with Gasteiger partial charge in [-0.25, -0.2) is 13.2 Å². The van der Waals surface area contributed by atoms with Gasteiger partial charge < -0.3 is 9.64 Å². The highest BCUT2D eigenvalue weighted by atomic mass is 19.1. The van der Waals surface area contributed by atoms with Crippen LogP contribution >= 0.6 is 0 Å². The van der Waals surface area contributed by atoms with Gasteiger partial charge in [-0.05, 0) is 62.4 Å². The highest BCUT2D eigenvalue weighted by Gasteiger charge is 2.35. The van der Waals surface area contributed by atoms with Crippen LogP contribution in [0.5, 0.6) is 5.75 Å². The van der Waals surface area contributed by atoms with Gasteiger partial charge in [-0.2, -0.15) is 0 Å². The van der Waals surface area contributed by atoms with Crippen molar-refractivity contribution in [3.63, 3.8) is 0 Å². The molecule has 0 saturated carbocycles. The van der Waals surface area contributed by atoms with E-state index in [2.05, 4.69) is 4.74 Å². The number of rotatable bonds is 5. The molecule has 3 nitrogen and oxygen atoms in total. The lowest BCUT2D eigenvalue weighted by atomic mass is 10.0. The molecule has 0 unspecified atom stereocenters. The molecule has 1 heterocycles. The van der Waals surface area contributed by atoms with Crippen LogP contribution in [-0.2, 0) is 6.42 Å². The third-order valence-corrected chi connectivity index (χ3v) is 5.15. The predicted molar refractivity (Wildman–Crippen MR) is 96.3 cm³/mol. The zero-order chi connectivity index (χ0) is 19.6. The molecule has 1 saturated heterocycles. The van der Waals surface area contributed by atoms with Gasteiger partial charge in [-0.15, -0.1) is 0 Å². The molecule has 1 aliphatic rings. The summed E-state index contributed by atoms with van der Waals surface area (Å²) in [6, 6.07) is 8.30. The summed E-state index contributed by atoms with van der Waals surface area (Å²) in [4.78, 5) is 14.6. The number of halogens is 3. The van der Waals surface area contributed by atoms with E-state index in [1.54, 1.807) is 17.0 Å². The van der Waals surface area contributed by atoms with Crippen molar-refractivity contribution >= 4 is 5.91 Å². The number of methoxy groups -OCH3 is 1. The molecular weight excluding hydrogens is 355 g/mol. The minimum absolute atomic E-state index is 0.0102. The second-order valence-electron chi connectivity index (χ2n) is 6.93. The van der Waals surface area contributed by atoms with Crippen LogP contribution < -0.4 is 4.74 Å². The van der Waals surface area contributed by atoms with Gasteiger partial charge in [0.05, 0.1) is 7.11 Å². The van der Waals surface area contributed by atoms with E-state index in [-0.39, 0.29) is 29.4 Å². The highest BCUT2D eigenvalue weighted by Crippen LogP contribution is 2.31. The molecule has 2 aromatic carbocycles. The molecule has 1 fully saturated rings. The second-order valence-corrected chi connectivity index (χ2v) is 6.93. The monoisotopic (exact) mass is 377 g/mol. The predicted octanol–water partition coefficient (Wildman–Crippen LogP) is 4.74. The van der Waals surface area contributed by atoms with Crippen molar-refractivity contribution in [1.29, 1.82) is 0 Å². The van der Waals surface area contributed by atoms with Gasteiger partial charge in [0.25, 0.3) is 5.91 Å². The van der Waals surface area contributed by atoms with E-state index in [0.29, 0.717) is 12.8 Å². The first-order valence-electron chi connectivity index (χ1n) is 9.01. The number of hydrogen-bond donors (Lipinski definition) is 0.